The molecule has 0 aliphatic carbocycles. The molecule has 1 fully saturated rings. The number of nitrogens with one attached hydrogen (secondary N) is 1. The van der Waals surface area contributed by atoms with E-state index in [2.05, 4.69) is 20.1 Å². The van der Waals surface area contributed by atoms with Crippen LogP contribution in [0.15, 0.2) is 24.3 Å². The Bertz CT molecular complexity index is 605. The zero-order chi connectivity index (χ0) is 15.4. The second-order valence-corrected chi connectivity index (χ2v) is 5.88. The van der Waals surface area contributed by atoms with Crippen LogP contribution in [0.3, 0.4) is 0 Å². The molecule has 0 saturated carbocycles. The molecule has 0 bridgehead atoms. The van der Waals surface area contributed by atoms with Crippen molar-refractivity contribution in [2.45, 2.75) is 32.3 Å². The van der Waals surface area contributed by atoms with Crippen molar-refractivity contribution in [3.63, 3.8) is 0 Å². The largest absolute Gasteiger partial charge is 0.374 e. The molecule has 1 aromatic carbocycles. The molecule has 22 heavy (non-hydrogen) atoms. The van der Waals surface area contributed by atoms with Crippen molar-refractivity contribution < 1.29 is 4.74 Å². The monoisotopic (exact) mass is 320 g/mol. The SMILES string of the molecule is CCOCc1nnc(C2CCNCC2)n1-c1ccc(Cl)cc1. The van der Waals surface area contributed by atoms with Crippen LogP contribution in [0, 0.1) is 0 Å². The number of halogens is 1. The standard InChI is InChI=1S/C16H21ClN4O/c1-2-22-11-15-19-20-16(12-7-9-18-10-8-12)21(15)14-5-3-13(17)4-6-14/h3-6,12,18H,2,7-11H2,1H3. The molecule has 0 amide bonds. The summed E-state index contributed by atoms with van der Waals surface area (Å²) < 4.78 is 7.67. The van der Waals surface area contributed by atoms with Gasteiger partial charge >= 0.3 is 0 Å². The lowest BCUT2D eigenvalue weighted by molar-refractivity contribution is 0.127. The van der Waals surface area contributed by atoms with Crippen LogP contribution in [0.2, 0.25) is 5.02 Å². The van der Waals surface area contributed by atoms with E-state index in [1.165, 1.54) is 0 Å². The van der Waals surface area contributed by atoms with E-state index in [4.69, 9.17) is 16.3 Å². The number of hydrogen-bond donors (Lipinski definition) is 1. The van der Waals surface area contributed by atoms with Gasteiger partial charge in [0.1, 0.15) is 12.4 Å². The normalized spacial score (nSPS) is 16.1. The van der Waals surface area contributed by atoms with E-state index in [1.807, 2.05) is 31.2 Å². The van der Waals surface area contributed by atoms with Gasteiger partial charge in [0.15, 0.2) is 5.82 Å². The van der Waals surface area contributed by atoms with Gasteiger partial charge in [-0.3, -0.25) is 4.57 Å². The molecule has 1 aliphatic rings. The number of aromatic nitrogens is 3. The lowest BCUT2D eigenvalue weighted by Crippen LogP contribution is -2.28. The molecule has 2 heterocycles. The Hall–Kier alpha value is -1.43. The van der Waals surface area contributed by atoms with Crippen LogP contribution in [-0.2, 0) is 11.3 Å². The van der Waals surface area contributed by atoms with E-state index < -0.39 is 0 Å². The van der Waals surface area contributed by atoms with Gasteiger partial charge in [0.2, 0.25) is 0 Å². The predicted molar refractivity (Wildman–Crippen MR) is 86.5 cm³/mol. The summed E-state index contributed by atoms with van der Waals surface area (Å²) in [5.41, 5.74) is 1.04. The topological polar surface area (TPSA) is 52.0 Å². The quantitative estimate of drug-likeness (QED) is 0.920. The Labute approximate surface area is 135 Å². The number of rotatable bonds is 5. The van der Waals surface area contributed by atoms with E-state index in [0.717, 1.165) is 48.3 Å². The van der Waals surface area contributed by atoms with Crippen LogP contribution in [0.4, 0.5) is 0 Å². The van der Waals surface area contributed by atoms with E-state index >= 15 is 0 Å². The molecule has 1 saturated heterocycles. The first-order valence-corrected chi connectivity index (χ1v) is 8.16. The molecule has 0 spiro atoms. The molecule has 1 aliphatic heterocycles. The summed E-state index contributed by atoms with van der Waals surface area (Å²) in [4.78, 5) is 0. The van der Waals surface area contributed by atoms with E-state index in [-0.39, 0.29) is 0 Å². The van der Waals surface area contributed by atoms with Crippen LogP contribution < -0.4 is 5.32 Å². The highest BCUT2D eigenvalue weighted by atomic mass is 35.5. The summed E-state index contributed by atoms with van der Waals surface area (Å²) in [6, 6.07) is 7.80. The molecule has 118 valence electrons. The smallest absolute Gasteiger partial charge is 0.163 e. The van der Waals surface area contributed by atoms with Crippen LogP contribution in [0.5, 0.6) is 0 Å². The minimum atomic E-state index is 0.430. The third-order valence-electron chi connectivity index (χ3n) is 3.98. The maximum absolute atomic E-state index is 6.01. The summed E-state index contributed by atoms with van der Waals surface area (Å²) in [5, 5.41) is 12.9. The average Bonchev–Trinajstić information content (AvgIpc) is 2.98. The number of piperidine rings is 1. The third kappa shape index (κ3) is 3.32. The van der Waals surface area contributed by atoms with Crippen molar-refractivity contribution in [1.82, 2.24) is 20.1 Å². The van der Waals surface area contributed by atoms with E-state index in [9.17, 15) is 0 Å². The van der Waals surface area contributed by atoms with Crippen LogP contribution in [-0.4, -0.2) is 34.5 Å². The minimum Gasteiger partial charge on any atom is -0.374 e. The van der Waals surface area contributed by atoms with Gasteiger partial charge in [0.25, 0.3) is 0 Å². The number of ether oxygens (including phenoxy) is 1. The molecule has 0 radical (unpaired) electrons. The van der Waals surface area contributed by atoms with Crippen molar-refractivity contribution in [3.05, 3.63) is 40.9 Å². The fourth-order valence-corrected chi connectivity index (χ4v) is 2.96. The highest BCUT2D eigenvalue weighted by Gasteiger charge is 2.24. The molecule has 1 aromatic heterocycles. The molecular formula is C16H21ClN4O. The lowest BCUT2D eigenvalue weighted by atomic mass is 9.97. The predicted octanol–water partition coefficient (Wildman–Crippen LogP) is 2.92. The summed E-state index contributed by atoms with van der Waals surface area (Å²) in [5.74, 6) is 2.30. The Kier molecular flexibility index (Phi) is 5.08. The summed E-state index contributed by atoms with van der Waals surface area (Å²) in [6.07, 6.45) is 2.17. The summed E-state index contributed by atoms with van der Waals surface area (Å²) in [7, 11) is 0. The second kappa shape index (κ2) is 7.22. The van der Waals surface area contributed by atoms with Crippen LogP contribution >= 0.6 is 11.6 Å². The number of nitrogens with zero attached hydrogens (tertiary/aromatic N) is 3. The molecule has 5 nitrogen and oxygen atoms in total. The maximum atomic E-state index is 6.01. The Morgan fingerprint density at radius 2 is 1.95 bits per heavy atom. The van der Waals surface area contributed by atoms with Crippen molar-refractivity contribution >= 4 is 11.6 Å². The minimum absolute atomic E-state index is 0.430. The first kappa shape index (κ1) is 15.5. The zero-order valence-electron chi connectivity index (χ0n) is 12.8. The Morgan fingerprint density at radius 1 is 1.23 bits per heavy atom. The Balaban J connectivity index is 1.98. The van der Waals surface area contributed by atoms with Crippen molar-refractivity contribution in [1.29, 1.82) is 0 Å². The van der Waals surface area contributed by atoms with Gasteiger partial charge in [-0.2, -0.15) is 0 Å². The first-order valence-electron chi connectivity index (χ1n) is 7.78. The fraction of sp³-hybridized carbons (Fsp3) is 0.500. The van der Waals surface area contributed by atoms with Gasteiger partial charge in [-0.25, -0.2) is 0 Å². The third-order valence-corrected chi connectivity index (χ3v) is 4.23. The highest BCUT2D eigenvalue weighted by molar-refractivity contribution is 6.30. The van der Waals surface area contributed by atoms with Crippen molar-refractivity contribution in [2.75, 3.05) is 19.7 Å². The van der Waals surface area contributed by atoms with Gasteiger partial charge in [-0.1, -0.05) is 11.6 Å². The van der Waals surface area contributed by atoms with Crippen LogP contribution in [0.25, 0.3) is 5.69 Å². The van der Waals surface area contributed by atoms with E-state index in [1.54, 1.807) is 0 Å². The van der Waals surface area contributed by atoms with Gasteiger partial charge in [-0.05, 0) is 57.1 Å². The van der Waals surface area contributed by atoms with Crippen molar-refractivity contribution in [3.8, 4) is 5.69 Å². The average molecular weight is 321 g/mol. The molecular weight excluding hydrogens is 300 g/mol. The Morgan fingerprint density at radius 3 is 2.64 bits per heavy atom. The molecule has 3 rings (SSSR count). The van der Waals surface area contributed by atoms with Crippen LogP contribution in [0.1, 0.15) is 37.3 Å². The first-order chi connectivity index (χ1) is 10.8. The van der Waals surface area contributed by atoms with Gasteiger partial charge < -0.3 is 10.1 Å². The summed E-state index contributed by atoms with van der Waals surface area (Å²) in [6.45, 7) is 5.17. The highest BCUT2D eigenvalue weighted by Crippen LogP contribution is 2.27. The lowest BCUT2D eigenvalue weighted by Gasteiger charge is -2.23. The van der Waals surface area contributed by atoms with Gasteiger partial charge in [-0.15, -0.1) is 10.2 Å². The summed E-state index contributed by atoms with van der Waals surface area (Å²) >= 11 is 6.01. The van der Waals surface area contributed by atoms with Gasteiger partial charge in [0.05, 0.1) is 0 Å². The fourth-order valence-electron chi connectivity index (χ4n) is 2.83. The van der Waals surface area contributed by atoms with Crippen molar-refractivity contribution in [2.24, 2.45) is 0 Å². The van der Waals surface area contributed by atoms with Gasteiger partial charge in [0, 0.05) is 23.2 Å². The zero-order valence-corrected chi connectivity index (χ0v) is 13.5. The molecule has 0 unspecified atom stereocenters. The maximum Gasteiger partial charge on any atom is 0.163 e. The molecule has 6 heteroatoms. The number of hydrogen-bond acceptors (Lipinski definition) is 4. The number of benzene rings is 1. The second-order valence-electron chi connectivity index (χ2n) is 5.45. The van der Waals surface area contributed by atoms with E-state index in [0.29, 0.717) is 19.1 Å². The molecule has 2 aromatic rings. The molecule has 1 N–H and O–H groups in total. The molecule has 0 atom stereocenters.